The first kappa shape index (κ1) is 19.5. The van der Waals surface area contributed by atoms with Gasteiger partial charge in [-0.3, -0.25) is 14.5 Å². The molecule has 0 bridgehead atoms. The highest BCUT2D eigenvalue weighted by molar-refractivity contribution is 6.32. The van der Waals surface area contributed by atoms with Crippen LogP contribution in [0.3, 0.4) is 0 Å². The van der Waals surface area contributed by atoms with Gasteiger partial charge in [0.25, 0.3) is 5.91 Å². The molecule has 1 aromatic carbocycles. The first-order valence-electron chi connectivity index (χ1n) is 8.58. The molecule has 0 spiro atoms. The number of carboxylic acid groups (broad SMARTS) is 1. The molecule has 2 rings (SSSR count). The monoisotopic (exact) mass is 368 g/mol. The van der Waals surface area contributed by atoms with Crippen molar-refractivity contribution in [2.75, 3.05) is 26.2 Å². The van der Waals surface area contributed by atoms with Crippen LogP contribution in [0.15, 0.2) is 24.3 Å². The number of likely N-dealkylation sites (N-methyl/N-ethyl adjacent to an activating group) is 1. The van der Waals surface area contributed by atoms with Crippen LogP contribution in [0, 0.1) is 0 Å². The van der Waals surface area contributed by atoms with Crippen molar-refractivity contribution in [3.63, 3.8) is 0 Å². The van der Waals surface area contributed by atoms with Crippen molar-refractivity contribution in [2.24, 2.45) is 0 Å². The predicted molar refractivity (Wildman–Crippen MR) is 96.0 cm³/mol. The van der Waals surface area contributed by atoms with Crippen molar-refractivity contribution in [1.82, 2.24) is 9.80 Å². The zero-order valence-electron chi connectivity index (χ0n) is 14.7. The Morgan fingerprint density at radius 2 is 2.00 bits per heavy atom. The molecule has 1 saturated heterocycles. The van der Waals surface area contributed by atoms with Gasteiger partial charge in [-0.15, -0.1) is 0 Å². The van der Waals surface area contributed by atoms with Gasteiger partial charge in [0.1, 0.15) is 5.75 Å². The summed E-state index contributed by atoms with van der Waals surface area (Å²) in [5.74, 6) is -0.389. The Kier molecular flexibility index (Phi) is 7.08. The van der Waals surface area contributed by atoms with Crippen molar-refractivity contribution in [3.05, 3.63) is 29.3 Å². The van der Waals surface area contributed by atoms with Crippen LogP contribution in [-0.4, -0.2) is 65.1 Å². The zero-order valence-corrected chi connectivity index (χ0v) is 15.4. The van der Waals surface area contributed by atoms with Crippen LogP contribution >= 0.6 is 11.6 Å². The molecule has 1 aliphatic heterocycles. The van der Waals surface area contributed by atoms with Crippen LogP contribution in [0.1, 0.15) is 26.7 Å². The maximum Gasteiger partial charge on any atom is 0.317 e. The molecule has 1 N–H and O–H groups in total. The third-order valence-electron chi connectivity index (χ3n) is 4.53. The van der Waals surface area contributed by atoms with E-state index in [0.29, 0.717) is 30.4 Å². The summed E-state index contributed by atoms with van der Waals surface area (Å²) in [6, 6.07) is 7.28. The second-order valence-corrected chi connectivity index (χ2v) is 6.61. The van der Waals surface area contributed by atoms with E-state index in [1.165, 1.54) is 0 Å². The van der Waals surface area contributed by atoms with Gasteiger partial charge in [-0.25, -0.2) is 0 Å². The topological polar surface area (TPSA) is 70.1 Å². The molecule has 1 amide bonds. The number of amides is 1. The van der Waals surface area contributed by atoms with Crippen LogP contribution in [0.2, 0.25) is 5.02 Å². The van der Waals surface area contributed by atoms with Crippen LogP contribution in [0.5, 0.6) is 5.75 Å². The van der Waals surface area contributed by atoms with Gasteiger partial charge in [0.05, 0.1) is 11.6 Å². The van der Waals surface area contributed by atoms with E-state index in [1.54, 1.807) is 24.0 Å². The maximum absolute atomic E-state index is 12.6. The normalized spacial score (nSPS) is 16.7. The molecule has 1 unspecified atom stereocenters. The van der Waals surface area contributed by atoms with Crippen molar-refractivity contribution >= 4 is 23.5 Å². The molecule has 7 heteroatoms. The van der Waals surface area contributed by atoms with Gasteiger partial charge in [-0.05, 0) is 38.4 Å². The average molecular weight is 369 g/mol. The quantitative estimate of drug-likeness (QED) is 0.800. The molecule has 138 valence electrons. The van der Waals surface area contributed by atoms with Crippen LogP contribution in [0.4, 0.5) is 0 Å². The lowest BCUT2D eigenvalue weighted by atomic mass is 10.0. The number of aliphatic carboxylic acids is 1. The largest absolute Gasteiger partial charge is 0.480 e. The molecule has 6 nitrogen and oxygen atoms in total. The van der Waals surface area contributed by atoms with E-state index in [1.807, 2.05) is 24.0 Å². The van der Waals surface area contributed by atoms with E-state index in [4.69, 9.17) is 21.4 Å². The number of carbonyl (C=O) groups excluding carboxylic acids is 1. The van der Waals surface area contributed by atoms with E-state index < -0.39 is 12.1 Å². The predicted octanol–water partition coefficient (Wildman–Crippen LogP) is 2.50. The number of ether oxygens (including phenoxy) is 1. The van der Waals surface area contributed by atoms with Crippen molar-refractivity contribution in [1.29, 1.82) is 0 Å². The second-order valence-electron chi connectivity index (χ2n) is 6.20. The highest BCUT2D eigenvalue weighted by atomic mass is 35.5. The summed E-state index contributed by atoms with van der Waals surface area (Å²) in [4.78, 5) is 27.3. The molecule has 0 saturated carbocycles. The van der Waals surface area contributed by atoms with Crippen molar-refractivity contribution in [3.8, 4) is 5.75 Å². The van der Waals surface area contributed by atoms with Gasteiger partial charge in [0.2, 0.25) is 0 Å². The minimum absolute atomic E-state index is 0.0428. The van der Waals surface area contributed by atoms with E-state index in [-0.39, 0.29) is 18.5 Å². The molecule has 0 aromatic heterocycles. The van der Waals surface area contributed by atoms with E-state index >= 15 is 0 Å². The number of likely N-dealkylation sites (tertiary alicyclic amines) is 1. The zero-order chi connectivity index (χ0) is 18.4. The fourth-order valence-corrected chi connectivity index (χ4v) is 3.34. The first-order chi connectivity index (χ1) is 11.9. The minimum atomic E-state index is -0.817. The number of piperidine rings is 1. The van der Waals surface area contributed by atoms with Gasteiger partial charge in [-0.1, -0.05) is 30.7 Å². The molecule has 1 aromatic rings. The van der Waals surface area contributed by atoms with Crippen LogP contribution < -0.4 is 4.74 Å². The standard InChI is InChI=1S/C18H25ClN2O4/c1-3-20(12-17(22)23)14-8-10-21(11-9-14)18(24)13(2)25-16-7-5-4-6-15(16)19/h4-7,13-14H,3,8-12H2,1-2H3,(H,22,23). The lowest BCUT2D eigenvalue weighted by molar-refractivity contribution is -0.142. The lowest BCUT2D eigenvalue weighted by Gasteiger charge is -2.38. The number of hydrogen-bond acceptors (Lipinski definition) is 4. The summed E-state index contributed by atoms with van der Waals surface area (Å²) in [7, 11) is 0. The summed E-state index contributed by atoms with van der Waals surface area (Å²) in [5.41, 5.74) is 0. The second kappa shape index (κ2) is 9.06. The molecule has 0 radical (unpaired) electrons. The molecule has 0 aliphatic carbocycles. The molecular formula is C18H25ClN2O4. The van der Waals surface area contributed by atoms with Crippen molar-refractivity contribution in [2.45, 2.75) is 38.8 Å². The van der Waals surface area contributed by atoms with Crippen molar-refractivity contribution < 1.29 is 19.4 Å². The Morgan fingerprint density at radius 1 is 1.36 bits per heavy atom. The van der Waals surface area contributed by atoms with E-state index in [2.05, 4.69) is 0 Å². The SMILES string of the molecule is CCN(CC(=O)O)C1CCN(C(=O)C(C)Oc2ccccc2Cl)CC1. The number of hydrogen-bond donors (Lipinski definition) is 1. The number of halogens is 1. The van der Waals surface area contributed by atoms with Crippen LogP contribution in [0.25, 0.3) is 0 Å². The molecule has 25 heavy (non-hydrogen) atoms. The highest BCUT2D eigenvalue weighted by Gasteiger charge is 2.30. The Bertz CT molecular complexity index is 602. The fraction of sp³-hybridized carbons (Fsp3) is 0.556. The summed E-state index contributed by atoms with van der Waals surface area (Å²) in [6.07, 6.45) is 0.926. The lowest BCUT2D eigenvalue weighted by Crippen LogP contribution is -2.50. The Labute approximate surface area is 153 Å². The van der Waals surface area contributed by atoms with E-state index in [0.717, 1.165) is 12.8 Å². The summed E-state index contributed by atoms with van der Waals surface area (Å²) in [6.45, 7) is 5.63. The number of carboxylic acids is 1. The van der Waals surface area contributed by atoms with Gasteiger partial charge >= 0.3 is 5.97 Å². The third-order valence-corrected chi connectivity index (χ3v) is 4.84. The Balaban J connectivity index is 1.88. The first-order valence-corrected chi connectivity index (χ1v) is 8.96. The summed E-state index contributed by atoms with van der Waals surface area (Å²) < 4.78 is 5.70. The number of carbonyl (C=O) groups is 2. The number of nitrogens with zero attached hydrogens (tertiary/aromatic N) is 2. The number of rotatable bonds is 7. The van der Waals surface area contributed by atoms with Gasteiger partial charge < -0.3 is 14.7 Å². The molecule has 1 aliphatic rings. The minimum Gasteiger partial charge on any atom is -0.480 e. The molecule has 1 heterocycles. The smallest absolute Gasteiger partial charge is 0.317 e. The van der Waals surface area contributed by atoms with Gasteiger partial charge in [-0.2, -0.15) is 0 Å². The third kappa shape index (κ3) is 5.34. The summed E-state index contributed by atoms with van der Waals surface area (Å²) in [5, 5.41) is 9.47. The maximum atomic E-state index is 12.6. The highest BCUT2D eigenvalue weighted by Crippen LogP contribution is 2.25. The summed E-state index contributed by atoms with van der Waals surface area (Å²) >= 11 is 6.07. The Hall–Kier alpha value is -1.79. The van der Waals surface area contributed by atoms with Gasteiger partial charge in [0.15, 0.2) is 6.10 Å². The average Bonchev–Trinajstić information content (AvgIpc) is 2.61. The molecular weight excluding hydrogens is 344 g/mol. The fourth-order valence-electron chi connectivity index (χ4n) is 3.16. The van der Waals surface area contributed by atoms with E-state index in [9.17, 15) is 9.59 Å². The molecule has 1 atom stereocenters. The Morgan fingerprint density at radius 3 is 2.56 bits per heavy atom. The number of para-hydroxylation sites is 1. The van der Waals surface area contributed by atoms with Crippen LogP contribution in [-0.2, 0) is 9.59 Å². The molecule has 1 fully saturated rings. The number of benzene rings is 1. The van der Waals surface area contributed by atoms with Gasteiger partial charge in [0, 0.05) is 19.1 Å².